The smallest absolute Gasteiger partial charge is 0.0639 e. The first-order chi connectivity index (χ1) is 13.2. The standard InChI is InChI=1S/C24H34N2O.ClH/c1-21(2)19-27-20-24(25-15-9-10-16-25)18-26(23-13-7-4-8-14-23)17-22-11-5-3-6-12-22;/h3-8,11-14,21,24H,9-10,15-20H2,1-2H3;1H. The van der Waals surface area contributed by atoms with Crippen molar-refractivity contribution in [2.75, 3.05) is 37.7 Å². The van der Waals surface area contributed by atoms with E-state index in [0.717, 1.165) is 26.3 Å². The summed E-state index contributed by atoms with van der Waals surface area (Å²) in [5, 5.41) is 0. The van der Waals surface area contributed by atoms with E-state index in [1.807, 2.05) is 0 Å². The van der Waals surface area contributed by atoms with E-state index in [2.05, 4.69) is 84.3 Å². The zero-order valence-corrected chi connectivity index (χ0v) is 18.1. The van der Waals surface area contributed by atoms with E-state index >= 15 is 0 Å². The molecule has 0 aromatic heterocycles. The first kappa shape index (κ1) is 22.7. The van der Waals surface area contributed by atoms with Gasteiger partial charge in [-0.05, 0) is 49.5 Å². The van der Waals surface area contributed by atoms with Crippen LogP contribution in [0.15, 0.2) is 60.7 Å². The van der Waals surface area contributed by atoms with Crippen molar-refractivity contribution in [3.8, 4) is 0 Å². The highest BCUT2D eigenvalue weighted by atomic mass is 35.5. The molecule has 3 rings (SSSR count). The minimum atomic E-state index is 0. The summed E-state index contributed by atoms with van der Waals surface area (Å²) >= 11 is 0. The van der Waals surface area contributed by atoms with Crippen LogP contribution in [0.4, 0.5) is 5.69 Å². The van der Waals surface area contributed by atoms with E-state index in [-0.39, 0.29) is 12.4 Å². The number of rotatable bonds is 10. The molecule has 0 amide bonds. The second-order valence-electron chi connectivity index (χ2n) is 8.03. The molecule has 0 saturated carbocycles. The zero-order chi connectivity index (χ0) is 18.9. The van der Waals surface area contributed by atoms with E-state index in [1.54, 1.807) is 0 Å². The summed E-state index contributed by atoms with van der Waals surface area (Å²) in [4.78, 5) is 5.14. The van der Waals surface area contributed by atoms with Crippen molar-refractivity contribution in [1.82, 2.24) is 4.90 Å². The van der Waals surface area contributed by atoms with Crippen LogP contribution in [0.25, 0.3) is 0 Å². The lowest BCUT2D eigenvalue weighted by atomic mass is 10.1. The minimum Gasteiger partial charge on any atom is -0.379 e. The summed E-state index contributed by atoms with van der Waals surface area (Å²) < 4.78 is 6.09. The molecule has 0 spiro atoms. The van der Waals surface area contributed by atoms with Gasteiger partial charge in [-0.15, -0.1) is 12.4 Å². The average Bonchev–Trinajstić information content (AvgIpc) is 3.22. The number of hydrogen-bond donors (Lipinski definition) is 0. The molecule has 1 fully saturated rings. The fourth-order valence-electron chi connectivity index (χ4n) is 3.78. The second-order valence-corrected chi connectivity index (χ2v) is 8.03. The number of para-hydroxylation sites is 1. The summed E-state index contributed by atoms with van der Waals surface area (Å²) in [5.74, 6) is 0.582. The van der Waals surface area contributed by atoms with E-state index in [9.17, 15) is 0 Å². The number of likely N-dealkylation sites (tertiary alicyclic amines) is 1. The molecule has 2 aromatic rings. The molecule has 1 heterocycles. The molecular weight excluding hydrogens is 368 g/mol. The maximum Gasteiger partial charge on any atom is 0.0639 e. The maximum absolute atomic E-state index is 6.09. The Morgan fingerprint density at radius 3 is 2.11 bits per heavy atom. The predicted octanol–water partition coefficient (Wildman–Crippen LogP) is 5.25. The van der Waals surface area contributed by atoms with Gasteiger partial charge in [-0.2, -0.15) is 0 Å². The largest absolute Gasteiger partial charge is 0.379 e. The van der Waals surface area contributed by atoms with Crippen molar-refractivity contribution >= 4 is 18.1 Å². The van der Waals surface area contributed by atoms with Crippen LogP contribution in [0.5, 0.6) is 0 Å². The molecular formula is C24H35ClN2O. The number of halogens is 1. The molecule has 0 bridgehead atoms. The van der Waals surface area contributed by atoms with Crippen LogP contribution in [-0.4, -0.2) is 43.8 Å². The molecule has 28 heavy (non-hydrogen) atoms. The molecule has 1 aliphatic heterocycles. The first-order valence-electron chi connectivity index (χ1n) is 10.4. The second kappa shape index (κ2) is 12.1. The lowest BCUT2D eigenvalue weighted by molar-refractivity contribution is 0.0567. The van der Waals surface area contributed by atoms with Crippen LogP contribution in [0.1, 0.15) is 32.3 Å². The number of nitrogens with zero attached hydrogens (tertiary/aromatic N) is 2. The van der Waals surface area contributed by atoms with Gasteiger partial charge in [0.25, 0.3) is 0 Å². The molecule has 1 saturated heterocycles. The van der Waals surface area contributed by atoms with Crippen LogP contribution in [0, 0.1) is 5.92 Å². The highest BCUT2D eigenvalue weighted by molar-refractivity contribution is 5.85. The molecule has 1 atom stereocenters. The molecule has 2 aromatic carbocycles. The lowest BCUT2D eigenvalue weighted by Crippen LogP contribution is -2.45. The lowest BCUT2D eigenvalue weighted by Gasteiger charge is -2.34. The maximum atomic E-state index is 6.09. The van der Waals surface area contributed by atoms with Gasteiger partial charge >= 0.3 is 0 Å². The van der Waals surface area contributed by atoms with Crippen LogP contribution >= 0.6 is 12.4 Å². The monoisotopic (exact) mass is 402 g/mol. The topological polar surface area (TPSA) is 15.7 Å². The number of benzene rings is 2. The zero-order valence-electron chi connectivity index (χ0n) is 17.3. The summed E-state index contributed by atoms with van der Waals surface area (Å²) in [5.41, 5.74) is 2.64. The third-order valence-electron chi connectivity index (χ3n) is 5.19. The van der Waals surface area contributed by atoms with Gasteiger partial charge in [0, 0.05) is 25.4 Å². The highest BCUT2D eigenvalue weighted by Gasteiger charge is 2.25. The quantitative estimate of drug-likeness (QED) is 0.539. The minimum absolute atomic E-state index is 0. The van der Waals surface area contributed by atoms with Gasteiger partial charge in [0.05, 0.1) is 12.6 Å². The number of anilines is 1. The van der Waals surface area contributed by atoms with Crippen LogP contribution in [0.2, 0.25) is 0 Å². The summed E-state index contributed by atoms with van der Waals surface area (Å²) in [7, 11) is 0. The first-order valence-corrected chi connectivity index (χ1v) is 10.4. The molecule has 0 N–H and O–H groups in total. The van der Waals surface area contributed by atoms with Crippen LogP contribution < -0.4 is 4.90 Å². The van der Waals surface area contributed by atoms with Crippen LogP contribution in [0.3, 0.4) is 0 Å². The van der Waals surface area contributed by atoms with Gasteiger partial charge in [0.2, 0.25) is 0 Å². The fourth-order valence-corrected chi connectivity index (χ4v) is 3.78. The van der Waals surface area contributed by atoms with E-state index in [0.29, 0.717) is 12.0 Å². The number of ether oxygens (including phenoxy) is 1. The van der Waals surface area contributed by atoms with Gasteiger partial charge in [0.1, 0.15) is 0 Å². The molecule has 0 aliphatic carbocycles. The SMILES string of the molecule is CC(C)COCC(CN(Cc1ccccc1)c1ccccc1)N1CCCC1.Cl. The fraction of sp³-hybridized carbons (Fsp3) is 0.500. The van der Waals surface area contributed by atoms with Gasteiger partial charge in [0.15, 0.2) is 0 Å². The van der Waals surface area contributed by atoms with Crippen molar-refractivity contribution < 1.29 is 4.74 Å². The third kappa shape index (κ3) is 7.12. The van der Waals surface area contributed by atoms with Crippen LogP contribution in [-0.2, 0) is 11.3 Å². The Bertz CT molecular complexity index is 644. The van der Waals surface area contributed by atoms with Gasteiger partial charge in [-0.1, -0.05) is 62.4 Å². The van der Waals surface area contributed by atoms with Gasteiger partial charge in [-0.3, -0.25) is 4.90 Å². The molecule has 4 heteroatoms. The molecule has 3 nitrogen and oxygen atoms in total. The Hall–Kier alpha value is -1.55. The van der Waals surface area contributed by atoms with Gasteiger partial charge < -0.3 is 9.64 Å². The van der Waals surface area contributed by atoms with Crippen molar-refractivity contribution in [3.05, 3.63) is 66.2 Å². The third-order valence-corrected chi connectivity index (χ3v) is 5.19. The Balaban J connectivity index is 0.00000280. The summed E-state index contributed by atoms with van der Waals surface area (Å²) in [6.45, 7) is 10.4. The predicted molar refractivity (Wildman–Crippen MR) is 121 cm³/mol. The normalized spacial score (nSPS) is 15.4. The molecule has 1 unspecified atom stereocenters. The molecule has 1 aliphatic rings. The number of hydrogen-bond acceptors (Lipinski definition) is 3. The van der Waals surface area contributed by atoms with E-state index in [4.69, 9.17) is 4.74 Å². The highest BCUT2D eigenvalue weighted by Crippen LogP contribution is 2.20. The van der Waals surface area contributed by atoms with Crippen molar-refractivity contribution in [1.29, 1.82) is 0 Å². The summed E-state index contributed by atoms with van der Waals surface area (Å²) in [6.07, 6.45) is 2.62. The van der Waals surface area contributed by atoms with E-state index in [1.165, 1.54) is 37.2 Å². The Labute approximate surface area is 177 Å². The Morgan fingerprint density at radius 2 is 1.50 bits per heavy atom. The Morgan fingerprint density at radius 1 is 0.893 bits per heavy atom. The van der Waals surface area contributed by atoms with E-state index < -0.39 is 0 Å². The van der Waals surface area contributed by atoms with Crippen molar-refractivity contribution in [3.63, 3.8) is 0 Å². The molecule has 154 valence electrons. The van der Waals surface area contributed by atoms with Crippen molar-refractivity contribution in [2.24, 2.45) is 5.92 Å². The van der Waals surface area contributed by atoms with Gasteiger partial charge in [-0.25, -0.2) is 0 Å². The molecule has 0 radical (unpaired) electrons. The Kier molecular flexibility index (Phi) is 9.83. The average molecular weight is 403 g/mol. The summed E-state index contributed by atoms with van der Waals surface area (Å²) in [6, 6.07) is 22.0. The van der Waals surface area contributed by atoms with Crippen molar-refractivity contribution in [2.45, 2.75) is 39.3 Å².